The second-order valence-corrected chi connectivity index (χ2v) is 5.32. The van der Waals surface area contributed by atoms with Gasteiger partial charge in [0.05, 0.1) is 12.2 Å². The number of hydrogen-bond donors (Lipinski definition) is 1. The standard InChI is InChI=1S/C15H23N5/c1-4-13-6-5-7-17-14(13)8-16-9-15-18-11-19-20(15)10-12(2)3/h5-7,11-12,16H,4,8-10H2,1-3H3. The van der Waals surface area contributed by atoms with Gasteiger partial charge in [-0.15, -0.1) is 0 Å². The van der Waals surface area contributed by atoms with E-state index in [1.807, 2.05) is 16.9 Å². The summed E-state index contributed by atoms with van der Waals surface area (Å²) in [4.78, 5) is 8.75. The Morgan fingerprint density at radius 2 is 2.10 bits per heavy atom. The molecule has 0 aliphatic heterocycles. The Hall–Kier alpha value is -1.75. The average Bonchev–Trinajstić information content (AvgIpc) is 2.86. The van der Waals surface area contributed by atoms with E-state index in [2.05, 4.69) is 47.2 Å². The van der Waals surface area contributed by atoms with Gasteiger partial charge in [-0.2, -0.15) is 5.10 Å². The zero-order valence-electron chi connectivity index (χ0n) is 12.5. The number of aryl methyl sites for hydroxylation is 1. The molecule has 0 saturated carbocycles. The van der Waals surface area contributed by atoms with Crippen LogP contribution in [0.3, 0.4) is 0 Å². The molecule has 0 spiro atoms. The van der Waals surface area contributed by atoms with Crippen LogP contribution in [0.2, 0.25) is 0 Å². The van der Waals surface area contributed by atoms with Crippen LogP contribution in [0.4, 0.5) is 0 Å². The molecule has 0 aliphatic carbocycles. The quantitative estimate of drug-likeness (QED) is 0.840. The molecule has 2 heterocycles. The highest BCUT2D eigenvalue weighted by Gasteiger charge is 2.06. The van der Waals surface area contributed by atoms with Crippen molar-refractivity contribution in [2.24, 2.45) is 5.92 Å². The molecule has 0 amide bonds. The number of pyridine rings is 1. The van der Waals surface area contributed by atoms with Crippen molar-refractivity contribution >= 4 is 0 Å². The molecule has 0 radical (unpaired) electrons. The molecule has 0 aliphatic rings. The summed E-state index contributed by atoms with van der Waals surface area (Å²) in [7, 11) is 0. The maximum absolute atomic E-state index is 4.43. The van der Waals surface area contributed by atoms with Gasteiger partial charge in [0.15, 0.2) is 0 Å². The van der Waals surface area contributed by atoms with Gasteiger partial charge in [0, 0.05) is 19.3 Å². The topological polar surface area (TPSA) is 55.6 Å². The molecule has 0 unspecified atom stereocenters. The van der Waals surface area contributed by atoms with Crippen LogP contribution in [0.1, 0.15) is 37.9 Å². The summed E-state index contributed by atoms with van der Waals surface area (Å²) < 4.78 is 1.97. The maximum atomic E-state index is 4.43. The normalized spacial score (nSPS) is 11.2. The highest BCUT2D eigenvalue weighted by Crippen LogP contribution is 2.06. The van der Waals surface area contributed by atoms with E-state index in [0.717, 1.165) is 31.0 Å². The lowest BCUT2D eigenvalue weighted by Crippen LogP contribution is -2.19. The fourth-order valence-electron chi connectivity index (χ4n) is 2.17. The summed E-state index contributed by atoms with van der Waals surface area (Å²) in [6, 6.07) is 4.12. The smallest absolute Gasteiger partial charge is 0.140 e. The molecule has 2 rings (SSSR count). The van der Waals surface area contributed by atoms with Gasteiger partial charge in [-0.3, -0.25) is 4.98 Å². The second-order valence-electron chi connectivity index (χ2n) is 5.32. The third-order valence-corrected chi connectivity index (χ3v) is 3.17. The Morgan fingerprint density at radius 3 is 2.85 bits per heavy atom. The Labute approximate surface area is 120 Å². The Morgan fingerprint density at radius 1 is 1.25 bits per heavy atom. The molecule has 1 N–H and O–H groups in total. The van der Waals surface area contributed by atoms with Crippen molar-refractivity contribution in [2.45, 2.75) is 46.8 Å². The first-order valence-corrected chi connectivity index (χ1v) is 7.20. The van der Waals surface area contributed by atoms with Crippen molar-refractivity contribution in [1.29, 1.82) is 0 Å². The van der Waals surface area contributed by atoms with Crippen LogP contribution in [0.25, 0.3) is 0 Å². The van der Waals surface area contributed by atoms with Gasteiger partial charge in [0.2, 0.25) is 0 Å². The van der Waals surface area contributed by atoms with Crippen molar-refractivity contribution in [1.82, 2.24) is 25.1 Å². The van der Waals surface area contributed by atoms with Gasteiger partial charge in [-0.1, -0.05) is 26.8 Å². The lowest BCUT2D eigenvalue weighted by atomic mass is 10.1. The van der Waals surface area contributed by atoms with Crippen LogP contribution in [0.15, 0.2) is 24.7 Å². The van der Waals surface area contributed by atoms with E-state index in [1.165, 1.54) is 5.56 Å². The molecule has 5 heteroatoms. The van der Waals surface area contributed by atoms with Crippen LogP contribution >= 0.6 is 0 Å². The SMILES string of the molecule is CCc1cccnc1CNCc1ncnn1CC(C)C. The molecule has 0 aromatic carbocycles. The van der Waals surface area contributed by atoms with E-state index in [1.54, 1.807) is 6.33 Å². The largest absolute Gasteiger partial charge is 0.304 e. The molecule has 2 aromatic rings. The number of rotatable bonds is 7. The molecular weight excluding hydrogens is 250 g/mol. The van der Waals surface area contributed by atoms with Crippen molar-refractivity contribution in [3.8, 4) is 0 Å². The molecule has 0 fully saturated rings. The minimum absolute atomic E-state index is 0.568. The maximum Gasteiger partial charge on any atom is 0.140 e. The van der Waals surface area contributed by atoms with Crippen LogP contribution < -0.4 is 5.32 Å². The lowest BCUT2D eigenvalue weighted by Gasteiger charge is -2.10. The minimum Gasteiger partial charge on any atom is -0.304 e. The predicted octanol–water partition coefficient (Wildman–Crippen LogP) is 2.18. The van der Waals surface area contributed by atoms with Gasteiger partial charge < -0.3 is 5.32 Å². The van der Waals surface area contributed by atoms with Crippen molar-refractivity contribution < 1.29 is 0 Å². The molecule has 0 saturated heterocycles. The van der Waals surface area contributed by atoms with Gasteiger partial charge in [-0.25, -0.2) is 9.67 Å². The van der Waals surface area contributed by atoms with Crippen LogP contribution in [0, 0.1) is 5.92 Å². The highest BCUT2D eigenvalue weighted by atomic mass is 15.3. The summed E-state index contributed by atoms with van der Waals surface area (Å²) in [5, 5.41) is 7.67. The number of nitrogens with zero attached hydrogens (tertiary/aromatic N) is 4. The van der Waals surface area contributed by atoms with E-state index >= 15 is 0 Å². The minimum atomic E-state index is 0.568. The predicted molar refractivity (Wildman–Crippen MR) is 79.0 cm³/mol. The fourth-order valence-corrected chi connectivity index (χ4v) is 2.17. The first-order valence-electron chi connectivity index (χ1n) is 7.20. The average molecular weight is 273 g/mol. The monoisotopic (exact) mass is 273 g/mol. The highest BCUT2D eigenvalue weighted by molar-refractivity contribution is 5.19. The van der Waals surface area contributed by atoms with Gasteiger partial charge in [-0.05, 0) is 24.0 Å². The van der Waals surface area contributed by atoms with Gasteiger partial charge in [0.1, 0.15) is 12.2 Å². The van der Waals surface area contributed by atoms with Gasteiger partial charge in [0.25, 0.3) is 0 Å². The lowest BCUT2D eigenvalue weighted by molar-refractivity contribution is 0.457. The summed E-state index contributed by atoms with van der Waals surface area (Å²) in [5.74, 6) is 1.55. The number of aromatic nitrogens is 4. The van der Waals surface area contributed by atoms with Crippen molar-refractivity contribution in [3.05, 3.63) is 41.7 Å². The van der Waals surface area contributed by atoms with Crippen LogP contribution in [-0.2, 0) is 26.1 Å². The third kappa shape index (κ3) is 3.87. The van der Waals surface area contributed by atoms with E-state index in [-0.39, 0.29) is 0 Å². The van der Waals surface area contributed by atoms with Gasteiger partial charge >= 0.3 is 0 Å². The zero-order valence-corrected chi connectivity index (χ0v) is 12.5. The molecule has 2 aromatic heterocycles. The molecule has 5 nitrogen and oxygen atoms in total. The molecule has 108 valence electrons. The Balaban J connectivity index is 1.91. The molecule has 0 atom stereocenters. The van der Waals surface area contributed by atoms with E-state index in [0.29, 0.717) is 12.5 Å². The first-order chi connectivity index (χ1) is 9.70. The molecule has 20 heavy (non-hydrogen) atoms. The summed E-state index contributed by atoms with van der Waals surface area (Å²) in [5.41, 5.74) is 2.41. The summed E-state index contributed by atoms with van der Waals surface area (Å²) in [6.45, 7) is 8.90. The fraction of sp³-hybridized carbons (Fsp3) is 0.533. The van der Waals surface area contributed by atoms with E-state index in [9.17, 15) is 0 Å². The van der Waals surface area contributed by atoms with Crippen LogP contribution in [-0.4, -0.2) is 19.7 Å². The second kappa shape index (κ2) is 7.14. The Bertz CT molecular complexity index is 533. The number of hydrogen-bond acceptors (Lipinski definition) is 4. The summed E-state index contributed by atoms with van der Waals surface area (Å²) in [6.07, 6.45) is 4.48. The zero-order chi connectivity index (χ0) is 14.4. The first kappa shape index (κ1) is 14.7. The summed E-state index contributed by atoms with van der Waals surface area (Å²) >= 11 is 0. The van der Waals surface area contributed by atoms with E-state index < -0.39 is 0 Å². The Kier molecular flexibility index (Phi) is 5.24. The van der Waals surface area contributed by atoms with Crippen molar-refractivity contribution in [3.63, 3.8) is 0 Å². The van der Waals surface area contributed by atoms with E-state index in [4.69, 9.17) is 0 Å². The molecular formula is C15H23N5. The number of nitrogens with one attached hydrogen (secondary N) is 1. The van der Waals surface area contributed by atoms with Crippen LogP contribution in [0.5, 0.6) is 0 Å². The molecule has 0 bridgehead atoms. The third-order valence-electron chi connectivity index (χ3n) is 3.17. The van der Waals surface area contributed by atoms with Crippen molar-refractivity contribution in [2.75, 3.05) is 0 Å².